The highest BCUT2D eigenvalue weighted by atomic mass is 35.5. The maximum Gasteiger partial charge on any atom is 0.356 e. The number of aromatic nitrogens is 3. The minimum absolute atomic E-state index is 0. The summed E-state index contributed by atoms with van der Waals surface area (Å²) in [6.45, 7) is 4.49. The normalized spacial score (nSPS) is 24.1. The average Bonchev–Trinajstić information content (AvgIpc) is 3.28. The zero-order valence-electron chi connectivity index (χ0n) is 19.1. The molecule has 0 amide bonds. The first-order chi connectivity index (χ1) is 15.2. The molecule has 2 bridgehead atoms. The van der Waals surface area contributed by atoms with Crippen LogP contribution >= 0.6 is 12.4 Å². The highest BCUT2D eigenvalue weighted by Gasteiger charge is 2.54. The van der Waals surface area contributed by atoms with Gasteiger partial charge in [-0.2, -0.15) is 5.10 Å². The largest absolute Gasteiger partial charge is 0.477 e. The number of carboxylic acids is 1. The van der Waals surface area contributed by atoms with Crippen LogP contribution in [0.2, 0.25) is 0 Å². The van der Waals surface area contributed by atoms with Crippen LogP contribution in [0.25, 0.3) is 5.65 Å². The minimum Gasteiger partial charge on any atom is -0.477 e. The first-order valence-electron chi connectivity index (χ1n) is 10.8. The SMILES string of the molecule is CCOC(=O)C12CCC(C(C)N)(CC1)CC2.COC(=O)c1cc(C(=O)O)n2nccc2n1.Cl. The summed E-state index contributed by atoms with van der Waals surface area (Å²) in [6, 6.07) is 2.88. The highest BCUT2D eigenvalue weighted by molar-refractivity contribution is 5.92. The van der Waals surface area contributed by atoms with Crippen molar-refractivity contribution in [2.24, 2.45) is 16.6 Å². The minimum atomic E-state index is -1.19. The zero-order chi connectivity index (χ0) is 23.5. The molecular formula is C22H31ClN4O6. The first kappa shape index (κ1) is 26.5. The molecule has 11 heteroatoms. The molecule has 2 aromatic rings. The lowest BCUT2D eigenvalue weighted by molar-refractivity contribution is -0.166. The van der Waals surface area contributed by atoms with Crippen molar-refractivity contribution >= 4 is 36.0 Å². The van der Waals surface area contributed by atoms with Gasteiger partial charge in [0.05, 0.1) is 25.3 Å². The highest BCUT2D eigenvalue weighted by Crippen LogP contribution is 2.58. The van der Waals surface area contributed by atoms with Crippen LogP contribution in [-0.2, 0) is 14.3 Å². The number of halogens is 1. The second-order valence-electron chi connectivity index (χ2n) is 8.58. The van der Waals surface area contributed by atoms with Gasteiger partial charge in [-0.3, -0.25) is 4.79 Å². The monoisotopic (exact) mass is 482 g/mol. The molecule has 3 saturated carbocycles. The number of nitrogens with two attached hydrogens (primary N) is 1. The molecule has 10 nitrogen and oxygen atoms in total. The van der Waals surface area contributed by atoms with Gasteiger partial charge in [0, 0.05) is 18.2 Å². The number of hydrogen-bond acceptors (Lipinski definition) is 8. The summed E-state index contributed by atoms with van der Waals surface area (Å²) in [5.41, 5.74) is 6.33. The molecule has 1 unspecified atom stereocenters. The number of carbonyl (C=O) groups excluding carboxylic acids is 2. The molecule has 182 valence electrons. The van der Waals surface area contributed by atoms with E-state index < -0.39 is 11.9 Å². The summed E-state index contributed by atoms with van der Waals surface area (Å²) in [5.74, 6) is -1.85. The zero-order valence-corrected chi connectivity index (χ0v) is 19.9. The van der Waals surface area contributed by atoms with Crippen LogP contribution in [0.3, 0.4) is 0 Å². The lowest BCUT2D eigenvalue weighted by Crippen LogP contribution is -2.52. The number of nitrogens with zero attached hydrogens (tertiary/aromatic N) is 3. The Morgan fingerprint density at radius 1 is 1.21 bits per heavy atom. The van der Waals surface area contributed by atoms with E-state index in [0.29, 0.717) is 12.0 Å². The van der Waals surface area contributed by atoms with E-state index in [0.717, 1.165) is 49.1 Å². The van der Waals surface area contributed by atoms with Crippen LogP contribution in [0.5, 0.6) is 0 Å². The Balaban J connectivity index is 0.000000227. The van der Waals surface area contributed by atoms with Crippen molar-refractivity contribution < 1.29 is 29.0 Å². The van der Waals surface area contributed by atoms with E-state index in [2.05, 4.69) is 21.7 Å². The number of methoxy groups -OCH3 is 1. The van der Waals surface area contributed by atoms with Crippen molar-refractivity contribution in [2.75, 3.05) is 13.7 Å². The fourth-order valence-electron chi connectivity index (χ4n) is 4.76. The molecule has 2 heterocycles. The lowest BCUT2D eigenvalue weighted by atomic mass is 9.52. The molecule has 33 heavy (non-hydrogen) atoms. The van der Waals surface area contributed by atoms with Gasteiger partial charge >= 0.3 is 17.9 Å². The van der Waals surface area contributed by atoms with E-state index in [4.69, 9.17) is 15.6 Å². The molecule has 3 aliphatic rings. The van der Waals surface area contributed by atoms with E-state index >= 15 is 0 Å². The molecule has 0 spiro atoms. The van der Waals surface area contributed by atoms with Crippen LogP contribution in [-0.4, -0.2) is 57.4 Å². The van der Waals surface area contributed by atoms with Gasteiger partial charge in [0.25, 0.3) is 0 Å². The van der Waals surface area contributed by atoms with Crippen LogP contribution in [0, 0.1) is 10.8 Å². The topological polar surface area (TPSA) is 146 Å². The van der Waals surface area contributed by atoms with Gasteiger partial charge < -0.3 is 20.3 Å². The number of aromatic carboxylic acids is 1. The quantitative estimate of drug-likeness (QED) is 0.614. The fraction of sp³-hybridized carbons (Fsp3) is 0.591. The van der Waals surface area contributed by atoms with Crippen molar-refractivity contribution in [1.29, 1.82) is 0 Å². The number of rotatable bonds is 5. The van der Waals surface area contributed by atoms with E-state index in [1.807, 2.05) is 6.92 Å². The molecule has 1 atom stereocenters. The number of carboxylic acid groups (broad SMARTS) is 1. The fourth-order valence-corrected chi connectivity index (χ4v) is 4.76. The maximum absolute atomic E-state index is 12.0. The predicted molar refractivity (Wildman–Crippen MR) is 121 cm³/mol. The Bertz CT molecular complexity index is 997. The Kier molecular flexibility index (Phi) is 8.42. The number of fused-ring (bicyclic) bond motifs is 4. The summed E-state index contributed by atoms with van der Waals surface area (Å²) in [7, 11) is 1.20. The van der Waals surface area contributed by atoms with E-state index in [1.54, 1.807) is 0 Å². The summed E-state index contributed by atoms with van der Waals surface area (Å²) in [6.07, 6.45) is 7.64. The molecule has 0 radical (unpaired) electrons. The molecule has 0 saturated heterocycles. The number of carbonyl (C=O) groups is 3. The van der Waals surface area contributed by atoms with Crippen molar-refractivity contribution in [2.45, 2.75) is 58.4 Å². The Morgan fingerprint density at radius 2 is 1.82 bits per heavy atom. The summed E-state index contributed by atoms with van der Waals surface area (Å²) >= 11 is 0. The van der Waals surface area contributed by atoms with Crippen LogP contribution in [0.15, 0.2) is 18.3 Å². The van der Waals surface area contributed by atoms with Crippen LogP contribution in [0.1, 0.15) is 73.3 Å². The van der Waals surface area contributed by atoms with Gasteiger partial charge in [0.1, 0.15) is 0 Å². The van der Waals surface area contributed by atoms with Crippen molar-refractivity contribution in [3.8, 4) is 0 Å². The van der Waals surface area contributed by atoms with Gasteiger partial charge in [-0.05, 0) is 57.8 Å². The molecule has 5 rings (SSSR count). The standard InChI is InChI=1S/C13H23NO2.C9H7N3O4.ClH/c1-3-16-11(15)13-7-4-12(5-8-13,6-9-13)10(2)14;1-16-9(15)5-4-6(8(13)14)12-7(11-5)2-3-10-12;/h10H,3-9,14H2,1-2H3;2-4H,1H3,(H,13,14);1H. The van der Waals surface area contributed by atoms with E-state index in [-0.39, 0.29) is 46.9 Å². The van der Waals surface area contributed by atoms with Gasteiger partial charge in [-0.15, -0.1) is 12.4 Å². The van der Waals surface area contributed by atoms with Crippen LogP contribution in [0.4, 0.5) is 0 Å². The third-order valence-electron chi connectivity index (χ3n) is 6.95. The van der Waals surface area contributed by atoms with Gasteiger partial charge in [0.15, 0.2) is 17.0 Å². The Labute approximate surface area is 198 Å². The molecule has 2 aromatic heterocycles. The predicted octanol–water partition coefficient (Wildman–Crippen LogP) is 2.87. The van der Waals surface area contributed by atoms with Crippen molar-refractivity contribution in [3.05, 3.63) is 29.7 Å². The third-order valence-corrected chi connectivity index (χ3v) is 6.95. The smallest absolute Gasteiger partial charge is 0.356 e. The second kappa shape index (κ2) is 10.5. The van der Waals surface area contributed by atoms with Gasteiger partial charge in [-0.25, -0.2) is 19.1 Å². The van der Waals surface area contributed by atoms with Gasteiger partial charge in [-0.1, -0.05) is 0 Å². The maximum atomic E-state index is 12.0. The molecule has 0 aliphatic heterocycles. The average molecular weight is 483 g/mol. The number of esters is 2. The lowest BCUT2D eigenvalue weighted by Gasteiger charge is -2.53. The van der Waals surface area contributed by atoms with E-state index in [1.165, 1.54) is 19.4 Å². The summed E-state index contributed by atoms with van der Waals surface area (Å²) in [4.78, 5) is 38.1. The first-order valence-corrected chi connectivity index (χ1v) is 10.8. The van der Waals surface area contributed by atoms with Crippen LogP contribution < -0.4 is 5.73 Å². The van der Waals surface area contributed by atoms with E-state index in [9.17, 15) is 14.4 Å². The molecule has 3 N–H and O–H groups in total. The van der Waals surface area contributed by atoms with Crippen molar-refractivity contribution in [3.63, 3.8) is 0 Å². The Morgan fingerprint density at radius 3 is 2.30 bits per heavy atom. The third kappa shape index (κ3) is 5.11. The Hall–Kier alpha value is -2.72. The number of ether oxygens (including phenoxy) is 2. The second-order valence-corrected chi connectivity index (χ2v) is 8.58. The molecular weight excluding hydrogens is 452 g/mol. The van der Waals surface area contributed by atoms with Gasteiger partial charge in [0.2, 0.25) is 0 Å². The summed E-state index contributed by atoms with van der Waals surface area (Å²) in [5, 5.41) is 12.7. The molecule has 3 aliphatic carbocycles. The molecule has 0 aromatic carbocycles. The van der Waals surface area contributed by atoms with Crippen molar-refractivity contribution in [1.82, 2.24) is 14.6 Å². The molecule has 3 fully saturated rings. The number of hydrogen-bond donors (Lipinski definition) is 2. The summed E-state index contributed by atoms with van der Waals surface area (Å²) < 4.78 is 10.8.